The van der Waals surface area contributed by atoms with Crippen LogP contribution in [0.15, 0.2) is 24.3 Å². The van der Waals surface area contributed by atoms with Gasteiger partial charge in [-0.25, -0.2) is 9.59 Å². The molecular weight excluding hydrogens is 199 g/mol. The van der Waals surface area contributed by atoms with Crippen molar-refractivity contribution in [1.29, 1.82) is 0 Å². The van der Waals surface area contributed by atoms with Gasteiger partial charge in [-0.3, -0.25) is 0 Å². The van der Waals surface area contributed by atoms with E-state index in [0.717, 1.165) is 0 Å². The summed E-state index contributed by atoms with van der Waals surface area (Å²) in [7, 11) is 0. The van der Waals surface area contributed by atoms with Crippen LogP contribution in [0.1, 0.15) is 20.7 Å². The molecule has 13 heavy (non-hydrogen) atoms. The molecule has 0 saturated carbocycles. The van der Waals surface area contributed by atoms with Crippen LogP contribution < -0.4 is 0 Å². The van der Waals surface area contributed by atoms with Gasteiger partial charge in [0.05, 0.1) is 11.1 Å². The summed E-state index contributed by atoms with van der Waals surface area (Å²) >= 11 is 0. The van der Waals surface area contributed by atoms with Crippen LogP contribution in [0.3, 0.4) is 0 Å². The normalized spacial score (nSPS) is 8.62. The number of hydrogen-bond donors (Lipinski definition) is 2. The zero-order valence-electron chi connectivity index (χ0n) is 7.02. The Hall–Kier alpha value is -0.204. The molecule has 0 saturated heterocycles. The second kappa shape index (κ2) is 5.51. The van der Waals surface area contributed by atoms with Gasteiger partial charge in [0, 0.05) is 51.4 Å². The Balaban J connectivity index is 0.00000144. The van der Waals surface area contributed by atoms with Gasteiger partial charge in [-0.05, 0) is 24.3 Å². The van der Waals surface area contributed by atoms with Crippen molar-refractivity contribution in [2.45, 2.75) is 0 Å². The molecule has 1 aromatic rings. The van der Waals surface area contributed by atoms with E-state index in [2.05, 4.69) is 0 Å². The van der Waals surface area contributed by atoms with Crippen LogP contribution in [0, 0.1) is 0 Å². The predicted molar refractivity (Wildman–Crippen MR) is 46.1 cm³/mol. The van der Waals surface area contributed by atoms with Crippen LogP contribution in [-0.2, 0) is 0 Å². The van der Waals surface area contributed by atoms with E-state index >= 15 is 0 Å². The van der Waals surface area contributed by atoms with Crippen molar-refractivity contribution in [1.82, 2.24) is 0 Å². The zero-order valence-corrected chi connectivity index (χ0v) is 10.1. The van der Waals surface area contributed by atoms with Gasteiger partial charge in [0.2, 0.25) is 0 Å². The van der Waals surface area contributed by atoms with E-state index < -0.39 is 11.9 Å². The average molecular weight is 205 g/mol. The van der Waals surface area contributed by atoms with Crippen LogP contribution >= 0.6 is 0 Å². The van der Waals surface area contributed by atoms with Crippen molar-refractivity contribution >= 4 is 63.3 Å². The van der Waals surface area contributed by atoms with E-state index in [1.807, 2.05) is 0 Å². The predicted octanol–water partition coefficient (Wildman–Crippen LogP) is 0.702. The smallest absolute Gasteiger partial charge is 0.335 e. The van der Waals surface area contributed by atoms with E-state index in [4.69, 9.17) is 10.2 Å². The maximum atomic E-state index is 10.3. The number of carboxylic acid groups (broad SMARTS) is 2. The van der Waals surface area contributed by atoms with Gasteiger partial charge in [-0.2, -0.15) is 0 Å². The Morgan fingerprint density at radius 3 is 1.23 bits per heavy atom. The van der Waals surface area contributed by atoms with E-state index in [0.29, 0.717) is 0 Å². The minimum Gasteiger partial charge on any atom is -0.478 e. The molecule has 4 nitrogen and oxygen atoms in total. The molecule has 0 aliphatic carbocycles. The quantitative estimate of drug-likeness (QED) is 0.697. The third-order valence-electron chi connectivity index (χ3n) is 1.38. The molecule has 0 aliphatic rings. The molecule has 0 fully saturated rings. The van der Waals surface area contributed by atoms with Crippen LogP contribution in [0.4, 0.5) is 0 Å². The topological polar surface area (TPSA) is 74.6 Å². The maximum Gasteiger partial charge on any atom is 0.335 e. The van der Waals surface area contributed by atoms with Crippen molar-refractivity contribution in [3.8, 4) is 0 Å². The largest absolute Gasteiger partial charge is 0.478 e. The summed E-state index contributed by atoms with van der Waals surface area (Å²) in [5, 5.41) is 16.9. The first-order valence-electron chi connectivity index (χ1n) is 3.18. The number of hydrogen-bond acceptors (Lipinski definition) is 2. The standard InChI is InChI=1S/C8H6O4.K/c9-7(10)5-1-2-6(4-3-5)8(11)12;/h1-4H,(H,9,10)(H,11,12);. The molecule has 0 bridgehead atoms. The van der Waals surface area contributed by atoms with E-state index in [-0.39, 0.29) is 62.5 Å². The fourth-order valence-corrected chi connectivity index (χ4v) is 0.755. The summed E-state index contributed by atoms with van der Waals surface area (Å²) in [5.74, 6) is -2.13. The molecule has 1 rings (SSSR count). The van der Waals surface area contributed by atoms with Crippen molar-refractivity contribution in [2.24, 2.45) is 0 Å². The number of aromatic carboxylic acids is 2. The molecule has 0 unspecified atom stereocenters. The summed E-state index contributed by atoms with van der Waals surface area (Å²) in [6.07, 6.45) is 0. The average Bonchev–Trinajstić information content (AvgIpc) is 2.04. The summed E-state index contributed by atoms with van der Waals surface area (Å²) < 4.78 is 0. The first-order chi connectivity index (χ1) is 5.61. The molecule has 0 heterocycles. The van der Waals surface area contributed by atoms with Gasteiger partial charge >= 0.3 is 11.9 Å². The van der Waals surface area contributed by atoms with E-state index in [1.54, 1.807) is 0 Å². The molecule has 0 atom stereocenters. The minimum absolute atomic E-state index is 0. The third-order valence-corrected chi connectivity index (χ3v) is 1.38. The number of carbonyl (C=O) groups is 2. The fraction of sp³-hybridized carbons (Fsp3) is 0. The van der Waals surface area contributed by atoms with Crippen molar-refractivity contribution in [3.05, 3.63) is 35.4 Å². The van der Waals surface area contributed by atoms with Gasteiger partial charge in [0.15, 0.2) is 0 Å². The molecule has 5 heteroatoms. The molecular formula is C8H6KO4. The summed E-state index contributed by atoms with van der Waals surface area (Å²) in [6.45, 7) is 0. The maximum absolute atomic E-state index is 10.3. The van der Waals surface area contributed by atoms with Crippen LogP contribution in [-0.4, -0.2) is 73.5 Å². The van der Waals surface area contributed by atoms with E-state index in [9.17, 15) is 9.59 Å². The van der Waals surface area contributed by atoms with E-state index in [1.165, 1.54) is 24.3 Å². The zero-order chi connectivity index (χ0) is 9.14. The molecule has 1 aromatic carbocycles. The van der Waals surface area contributed by atoms with Gasteiger partial charge < -0.3 is 10.2 Å². The summed E-state index contributed by atoms with van der Waals surface area (Å²) in [6, 6.07) is 5.02. The fourth-order valence-electron chi connectivity index (χ4n) is 0.755. The van der Waals surface area contributed by atoms with Gasteiger partial charge in [0.1, 0.15) is 0 Å². The molecule has 1 radical (unpaired) electrons. The van der Waals surface area contributed by atoms with Crippen LogP contribution in [0.25, 0.3) is 0 Å². The third kappa shape index (κ3) is 3.57. The Morgan fingerprint density at radius 1 is 0.846 bits per heavy atom. The SMILES string of the molecule is O=C(O)c1ccc(C(=O)O)cc1.[K]. The number of rotatable bonds is 2. The Labute approximate surface area is 117 Å². The number of benzene rings is 1. The molecule has 0 amide bonds. The second-order valence-electron chi connectivity index (χ2n) is 2.19. The van der Waals surface area contributed by atoms with Crippen molar-refractivity contribution in [3.63, 3.8) is 0 Å². The molecule has 0 aliphatic heterocycles. The second-order valence-corrected chi connectivity index (χ2v) is 2.19. The minimum atomic E-state index is -1.06. The Morgan fingerprint density at radius 2 is 1.08 bits per heavy atom. The van der Waals surface area contributed by atoms with Crippen LogP contribution in [0.2, 0.25) is 0 Å². The van der Waals surface area contributed by atoms with Gasteiger partial charge in [-0.1, -0.05) is 0 Å². The van der Waals surface area contributed by atoms with Gasteiger partial charge in [-0.15, -0.1) is 0 Å². The number of carboxylic acids is 2. The summed E-state index contributed by atoms with van der Waals surface area (Å²) in [4.78, 5) is 20.7. The first-order valence-corrected chi connectivity index (χ1v) is 3.18. The molecule has 0 aromatic heterocycles. The first kappa shape index (κ1) is 12.8. The monoisotopic (exact) mass is 205 g/mol. The molecule has 63 valence electrons. The summed E-state index contributed by atoms with van der Waals surface area (Å²) in [5.41, 5.74) is 0.167. The Bertz CT molecular complexity index is 284. The van der Waals surface area contributed by atoms with Gasteiger partial charge in [0.25, 0.3) is 0 Å². The molecule has 0 spiro atoms. The molecule has 2 N–H and O–H groups in total. The van der Waals surface area contributed by atoms with Crippen molar-refractivity contribution < 1.29 is 19.8 Å². The Kier molecular flexibility index (Phi) is 5.42. The van der Waals surface area contributed by atoms with Crippen molar-refractivity contribution in [2.75, 3.05) is 0 Å². The van der Waals surface area contributed by atoms with Crippen LogP contribution in [0.5, 0.6) is 0 Å².